The predicted octanol–water partition coefficient (Wildman–Crippen LogP) is -0.884. The number of aliphatic hydroxyl groups excluding tert-OH is 1. The molecule has 0 unspecified atom stereocenters. The molecule has 0 aliphatic carbocycles. The van der Waals surface area contributed by atoms with Crippen LogP contribution in [0.25, 0.3) is 11.2 Å². The third-order valence-electron chi connectivity index (χ3n) is 5.19. The number of nitrogen functional groups attached to an aromatic ring is 1. The first kappa shape index (κ1) is 23.0. The van der Waals surface area contributed by atoms with Gasteiger partial charge in [0.1, 0.15) is 6.10 Å². The molecule has 3 heterocycles. The van der Waals surface area contributed by atoms with E-state index in [9.17, 15) is 19.3 Å². The van der Waals surface area contributed by atoms with E-state index in [4.69, 9.17) is 20.3 Å². The molecule has 0 bridgehead atoms. The molecule has 7 N–H and O–H groups in total. The van der Waals surface area contributed by atoms with Gasteiger partial charge in [-0.3, -0.25) is 23.7 Å². The number of anilines is 1. The van der Waals surface area contributed by atoms with E-state index < -0.39 is 50.2 Å². The van der Waals surface area contributed by atoms with E-state index in [1.165, 1.54) is 10.9 Å². The van der Waals surface area contributed by atoms with Gasteiger partial charge in [-0.1, -0.05) is 18.2 Å². The number of ether oxygens (including phenoxy) is 1. The summed E-state index contributed by atoms with van der Waals surface area (Å²) < 4.78 is 22.9. The molecule has 3 aromatic rings. The first-order chi connectivity index (χ1) is 15.6. The molecule has 1 aliphatic rings. The number of benzene rings is 1. The maximum absolute atomic E-state index is 12.4. The number of aliphatic hydroxyl groups is 1. The molecule has 1 saturated heterocycles. The quantitative estimate of drug-likeness (QED) is 0.228. The first-order valence-electron chi connectivity index (χ1n) is 9.73. The van der Waals surface area contributed by atoms with Crippen LogP contribution in [0.2, 0.25) is 0 Å². The molecular weight excluding hydrogens is 459 g/mol. The second-order valence-corrected chi connectivity index (χ2v) is 8.60. The van der Waals surface area contributed by atoms with Crippen molar-refractivity contribution in [2.75, 3.05) is 18.9 Å². The minimum Gasteiger partial charge on any atom is -0.388 e. The normalized spacial score (nSPS) is 23.1. The van der Waals surface area contributed by atoms with Gasteiger partial charge >= 0.3 is 7.82 Å². The number of aromatic amines is 1. The molecule has 15 heteroatoms. The summed E-state index contributed by atoms with van der Waals surface area (Å²) in [6.07, 6.45) is -2.23. The highest BCUT2D eigenvalue weighted by Crippen LogP contribution is 2.40. The first-order valence-corrected chi connectivity index (χ1v) is 11.3. The lowest BCUT2D eigenvalue weighted by Crippen LogP contribution is -2.39. The van der Waals surface area contributed by atoms with Crippen LogP contribution in [0.4, 0.5) is 5.95 Å². The summed E-state index contributed by atoms with van der Waals surface area (Å²) in [5.74, 6) is -1.41. The van der Waals surface area contributed by atoms with Crippen molar-refractivity contribution in [1.29, 1.82) is 0 Å². The number of imidazole rings is 1. The predicted molar refractivity (Wildman–Crippen MR) is 113 cm³/mol. The molecule has 176 valence electrons. The van der Waals surface area contributed by atoms with Gasteiger partial charge in [-0.15, -0.1) is 0 Å². The third-order valence-corrected chi connectivity index (χ3v) is 5.67. The smallest absolute Gasteiger partial charge is 0.388 e. The molecule has 0 radical (unpaired) electrons. The lowest BCUT2D eigenvalue weighted by Gasteiger charge is -2.21. The summed E-state index contributed by atoms with van der Waals surface area (Å²) >= 11 is 0. The number of hydrogen-bond donors (Lipinski definition) is 6. The second kappa shape index (κ2) is 9.02. The number of H-pyrrole nitrogens is 1. The van der Waals surface area contributed by atoms with Crippen LogP contribution in [0.15, 0.2) is 41.5 Å². The van der Waals surface area contributed by atoms with Gasteiger partial charge in [0, 0.05) is 18.0 Å². The van der Waals surface area contributed by atoms with E-state index in [0.717, 1.165) is 0 Å². The monoisotopic (exact) mass is 480 g/mol. The molecule has 4 rings (SSSR count). The van der Waals surface area contributed by atoms with Crippen LogP contribution in [-0.2, 0) is 13.8 Å². The van der Waals surface area contributed by atoms with Crippen molar-refractivity contribution < 1.29 is 33.5 Å². The van der Waals surface area contributed by atoms with E-state index in [2.05, 4.69) is 24.8 Å². The summed E-state index contributed by atoms with van der Waals surface area (Å²) in [7, 11) is -4.82. The Morgan fingerprint density at radius 3 is 2.76 bits per heavy atom. The number of carbonyl (C=O) groups excluding carboxylic acids is 1. The van der Waals surface area contributed by atoms with Crippen molar-refractivity contribution in [1.82, 2.24) is 24.8 Å². The molecular formula is C18H21N6O8P. The molecule has 1 fully saturated rings. The Balaban J connectivity index is 1.59. The Hall–Kier alpha value is -3.13. The van der Waals surface area contributed by atoms with Crippen LogP contribution >= 0.6 is 7.82 Å². The molecule has 0 spiro atoms. The van der Waals surface area contributed by atoms with Crippen molar-refractivity contribution in [2.45, 2.75) is 18.4 Å². The van der Waals surface area contributed by atoms with Gasteiger partial charge in [-0.25, -0.2) is 9.55 Å². The van der Waals surface area contributed by atoms with E-state index in [-0.39, 0.29) is 23.7 Å². The Bertz CT molecular complexity index is 1260. The number of nitrogens with one attached hydrogen (secondary N) is 2. The summed E-state index contributed by atoms with van der Waals surface area (Å²) in [6.45, 7) is -0.657. The number of phosphoric acid groups is 1. The Morgan fingerprint density at radius 2 is 2.06 bits per heavy atom. The fraction of sp³-hybridized carbons (Fsp3) is 0.333. The maximum atomic E-state index is 12.4. The van der Waals surface area contributed by atoms with E-state index in [0.29, 0.717) is 5.56 Å². The number of phosphoric ester groups is 1. The van der Waals surface area contributed by atoms with Crippen molar-refractivity contribution in [2.24, 2.45) is 5.92 Å². The van der Waals surface area contributed by atoms with Crippen LogP contribution in [0.5, 0.6) is 0 Å². The number of rotatable bonds is 7. The van der Waals surface area contributed by atoms with Crippen LogP contribution in [-0.4, -0.2) is 65.7 Å². The number of amides is 1. The SMILES string of the molecule is Nc1nc2c(ncn2[C@@H]2O[C@H](COP(=O)(O)O)[C@@H](CNC(=O)c3ccccc3)[C@H]2O)c(=O)[nH]1. The zero-order valence-electron chi connectivity index (χ0n) is 16.9. The number of nitrogens with two attached hydrogens (primary N) is 1. The van der Waals surface area contributed by atoms with Crippen molar-refractivity contribution >= 4 is 30.8 Å². The molecule has 0 saturated carbocycles. The van der Waals surface area contributed by atoms with Gasteiger partial charge in [-0.2, -0.15) is 4.98 Å². The van der Waals surface area contributed by atoms with Gasteiger partial charge in [0.25, 0.3) is 11.5 Å². The Kier molecular flexibility index (Phi) is 6.30. The lowest BCUT2D eigenvalue weighted by atomic mass is 9.98. The summed E-state index contributed by atoms with van der Waals surface area (Å²) in [5, 5.41) is 13.7. The average molecular weight is 480 g/mol. The highest BCUT2D eigenvalue weighted by molar-refractivity contribution is 7.46. The molecule has 4 atom stereocenters. The van der Waals surface area contributed by atoms with E-state index >= 15 is 0 Å². The highest BCUT2D eigenvalue weighted by atomic mass is 31.2. The zero-order chi connectivity index (χ0) is 23.8. The van der Waals surface area contributed by atoms with Gasteiger partial charge in [0.05, 0.1) is 19.0 Å². The lowest BCUT2D eigenvalue weighted by molar-refractivity contribution is -0.0486. The van der Waals surface area contributed by atoms with Gasteiger partial charge < -0.3 is 30.7 Å². The molecule has 2 aromatic heterocycles. The third kappa shape index (κ3) is 4.95. The van der Waals surface area contributed by atoms with Crippen molar-refractivity contribution in [3.8, 4) is 0 Å². The molecule has 1 aliphatic heterocycles. The van der Waals surface area contributed by atoms with E-state index in [1.807, 2.05) is 0 Å². The van der Waals surface area contributed by atoms with Crippen molar-refractivity contribution in [3.05, 3.63) is 52.6 Å². The number of aromatic nitrogens is 4. The molecule has 33 heavy (non-hydrogen) atoms. The fourth-order valence-electron chi connectivity index (χ4n) is 3.64. The average Bonchev–Trinajstić information content (AvgIpc) is 3.31. The second-order valence-electron chi connectivity index (χ2n) is 7.36. The summed E-state index contributed by atoms with van der Waals surface area (Å²) in [4.78, 5) is 52.9. The van der Waals surface area contributed by atoms with Gasteiger partial charge in [-0.05, 0) is 12.1 Å². The van der Waals surface area contributed by atoms with Gasteiger partial charge in [0.15, 0.2) is 17.4 Å². The largest absolute Gasteiger partial charge is 0.469 e. The zero-order valence-corrected chi connectivity index (χ0v) is 17.8. The molecule has 14 nitrogen and oxygen atoms in total. The van der Waals surface area contributed by atoms with Crippen LogP contribution in [0.3, 0.4) is 0 Å². The minimum absolute atomic E-state index is 0.0381. The minimum atomic E-state index is -4.82. The summed E-state index contributed by atoms with van der Waals surface area (Å²) in [6, 6.07) is 8.37. The van der Waals surface area contributed by atoms with Crippen LogP contribution in [0.1, 0.15) is 16.6 Å². The number of hydrogen-bond acceptors (Lipinski definition) is 9. The topological polar surface area (TPSA) is 215 Å². The van der Waals surface area contributed by atoms with Crippen LogP contribution in [0, 0.1) is 5.92 Å². The highest BCUT2D eigenvalue weighted by Gasteiger charge is 2.46. The molecule has 1 aromatic carbocycles. The Morgan fingerprint density at radius 1 is 1.33 bits per heavy atom. The van der Waals surface area contributed by atoms with E-state index in [1.54, 1.807) is 30.3 Å². The van der Waals surface area contributed by atoms with Crippen molar-refractivity contribution in [3.63, 3.8) is 0 Å². The Labute approximate surface area is 185 Å². The maximum Gasteiger partial charge on any atom is 0.469 e. The number of nitrogens with zero attached hydrogens (tertiary/aromatic N) is 3. The fourth-order valence-corrected chi connectivity index (χ4v) is 3.98. The number of fused-ring (bicyclic) bond motifs is 1. The van der Waals surface area contributed by atoms with Gasteiger partial charge in [0.2, 0.25) is 5.95 Å². The summed E-state index contributed by atoms with van der Waals surface area (Å²) in [5.41, 5.74) is 5.42. The molecule has 1 amide bonds. The number of carbonyl (C=O) groups is 1. The van der Waals surface area contributed by atoms with Crippen LogP contribution < -0.4 is 16.6 Å². The standard InChI is InChI=1S/C18H21N6O8P/c19-18-22-14-12(16(27)23-18)21-8-24(14)17-13(25)10(11(32-17)7-31-33(28,29)30)6-20-15(26)9-4-2-1-3-5-9/h1-5,8,10-11,13,17,25H,6-7H2,(H,20,26)(H2,28,29,30)(H3,19,22,23,27)/t10-,11-,13-,17-/m1/s1.